The number of rotatable bonds is 7. The quantitative estimate of drug-likeness (QED) is 0.161. The van der Waals surface area contributed by atoms with Gasteiger partial charge in [0.2, 0.25) is 0 Å². The van der Waals surface area contributed by atoms with Crippen LogP contribution in [-0.2, 0) is 0 Å². The smallest absolute Gasteiger partial charge is 0.164 e. The monoisotopic (exact) mass is 793 g/mol. The van der Waals surface area contributed by atoms with Gasteiger partial charge in [-0.05, 0) is 46.3 Å². The second kappa shape index (κ2) is 14.7. The summed E-state index contributed by atoms with van der Waals surface area (Å²) in [7, 11) is 0. The average Bonchev–Trinajstić information content (AvgIpc) is 3.95. The summed E-state index contributed by atoms with van der Waals surface area (Å²) in [6, 6.07) is 73.3. The van der Waals surface area contributed by atoms with Crippen LogP contribution in [0, 0.1) is 0 Å². The minimum Gasteiger partial charge on any atom is -0.456 e. The Morgan fingerprint density at radius 1 is 0.371 bits per heavy atom. The van der Waals surface area contributed by atoms with Crippen LogP contribution in [-0.4, -0.2) is 24.6 Å². The Morgan fingerprint density at radius 2 is 0.903 bits per heavy atom. The molecule has 12 aromatic rings. The van der Waals surface area contributed by atoms with E-state index in [-0.39, 0.29) is 0 Å². The molecule has 0 aliphatic carbocycles. The largest absolute Gasteiger partial charge is 0.456 e. The first-order valence-electron chi connectivity index (χ1n) is 20.7. The van der Waals surface area contributed by atoms with Gasteiger partial charge in [0.15, 0.2) is 17.5 Å². The van der Waals surface area contributed by atoms with Gasteiger partial charge in [-0.25, -0.2) is 19.5 Å². The highest BCUT2D eigenvalue weighted by molar-refractivity contribution is 6.12. The molecular weight excluding hydrogens is 759 g/mol. The van der Waals surface area contributed by atoms with Crippen molar-refractivity contribution in [1.82, 2.24) is 24.6 Å². The maximum Gasteiger partial charge on any atom is 0.164 e. The topological polar surface area (TPSA) is 69.1 Å². The van der Waals surface area contributed by atoms with Gasteiger partial charge in [-0.15, -0.1) is 0 Å². The molecule has 6 heteroatoms. The van der Waals surface area contributed by atoms with Crippen LogP contribution in [0.3, 0.4) is 0 Å². The highest BCUT2D eigenvalue weighted by Gasteiger charge is 2.22. The summed E-state index contributed by atoms with van der Waals surface area (Å²) in [4.78, 5) is 15.3. The molecule has 0 aliphatic heterocycles. The predicted octanol–water partition coefficient (Wildman–Crippen LogP) is 14.2. The van der Waals surface area contributed by atoms with Crippen molar-refractivity contribution in [2.24, 2.45) is 0 Å². The molecule has 290 valence electrons. The van der Waals surface area contributed by atoms with Crippen LogP contribution in [0.15, 0.2) is 217 Å². The Labute approximate surface area is 357 Å². The Hall–Kier alpha value is -8.48. The number of para-hydroxylation sites is 1. The number of aromatic nitrogens is 5. The van der Waals surface area contributed by atoms with Gasteiger partial charge in [0.25, 0.3) is 0 Å². The molecule has 0 bridgehead atoms. The van der Waals surface area contributed by atoms with Crippen LogP contribution in [0.25, 0.3) is 117 Å². The van der Waals surface area contributed by atoms with Gasteiger partial charge in [-0.1, -0.05) is 188 Å². The molecule has 0 amide bonds. The van der Waals surface area contributed by atoms with Crippen LogP contribution in [0.2, 0.25) is 0 Å². The van der Waals surface area contributed by atoms with Crippen molar-refractivity contribution in [2.45, 2.75) is 0 Å². The van der Waals surface area contributed by atoms with Crippen LogP contribution >= 0.6 is 0 Å². The first kappa shape index (κ1) is 35.5. The molecule has 0 aliphatic rings. The lowest BCUT2D eigenvalue weighted by atomic mass is 9.97. The van der Waals surface area contributed by atoms with E-state index in [2.05, 4.69) is 156 Å². The average molecular weight is 794 g/mol. The van der Waals surface area contributed by atoms with E-state index in [1.54, 1.807) is 0 Å². The van der Waals surface area contributed by atoms with Crippen molar-refractivity contribution in [3.63, 3.8) is 0 Å². The highest BCUT2D eigenvalue weighted by atomic mass is 16.3. The summed E-state index contributed by atoms with van der Waals surface area (Å²) in [5, 5.41) is 9.86. The zero-order valence-electron chi connectivity index (χ0n) is 33.4. The van der Waals surface area contributed by atoms with E-state index in [0.717, 1.165) is 99.7 Å². The van der Waals surface area contributed by atoms with Crippen LogP contribution in [0.4, 0.5) is 0 Å². The van der Waals surface area contributed by atoms with E-state index >= 15 is 0 Å². The van der Waals surface area contributed by atoms with Crippen molar-refractivity contribution in [2.75, 3.05) is 0 Å². The Kier molecular flexibility index (Phi) is 8.38. The summed E-state index contributed by atoms with van der Waals surface area (Å²) in [6.07, 6.45) is 0. The summed E-state index contributed by atoms with van der Waals surface area (Å²) < 4.78 is 8.36. The molecule has 0 fully saturated rings. The number of pyridine rings is 1. The molecule has 0 atom stereocenters. The fourth-order valence-corrected chi connectivity index (χ4v) is 8.75. The second-order valence-corrected chi connectivity index (χ2v) is 15.4. The number of furan rings is 1. The molecule has 12 rings (SSSR count). The molecule has 62 heavy (non-hydrogen) atoms. The van der Waals surface area contributed by atoms with Crippen LogP contribution in [0.1, 0.15) is 0 Å². The lowest BCUT2D eigenvalue weighted by molar-refractivity contribution is 0.669. The van der Waals surface area contributed by atoms with Gasteiger partial charge in [-0.3, -0.25) is 0 Å². The predicted molar refractivity (Wildman–Crippen MR) is 251 cm³/mol. The van der Waals surface area contributed by atoms with Crippen LogP contribution < -0.4 is 0 Å². The first-order valence-corrected chi connectivity index (χ1v) is 20.7. The van der Waals surface area contributed by atoms with E-state index in [1.807, 2.05) is 60.7 Å². The molecule has 4 heterocycles. The molecule has 0 spiro atoms. The minimum absolute atomic E-state index is 0.592. The lowest BCUT2D eigenvalue weighted by Gasteiger charge is -2.12. The van der Waals surface area contributed by atoms with Crippen molar-refractivity contribution in [3.05, 3.63) is 212 Å². The third kappa shape index (κ3) is 6.04. The zero-order chi connectivity index (χ0) is 41.0. The molecular formula is C56H35N5O. The summed E-state index contributed by atoms with van der Waals surface area (Å²) in [6.45, 7) is 0. The van der Waals surface area contributed by atoms with E-state index in [0.29, 0.717) is 17.5 Å². The summed E-state index contributed by atoms with van der Waals surface area (Å²) in [5.74, 6) is 1.80. The molecule has 0 saturated heterocycles. The highest BCUT2D eigenvalue weighted by Crippen LogP contribution is 2.42. The van der Waals surface area contributed by atoms with Crippen LogP contribution in [0.5, 0.6) is 0 Å². The van der Waals surface area contributed by atoms with Crippen molar-refractivity contribution >= 4 is 38.2 Å². The van der Waals surface area contributed by atoms with Gasteiger partial charge in [0.05, 0.1) is 11.2 Å². The molecule has 0 unspecified atom stereocenters. The fourth-order valence-electron chi connectivity index (χ4n) is 8.75. The SMILES string of the molecule is c1ccc(-c2nc(-c3ccc(-c4cc5ccccc5c5c(-c6ccccc6)c(-c6ccccc6)nn45)cc3)nc(-c3cccc(-c4cccc5oc6ccccc6c45)c3)n2)cc1. The second-order valence-electron chi connectivity index (χ2n) is 15.4. The van der Waals surface area contributed by atoms with Crippen molar-refractivity contribution in [3.8, 4) is 78.9 Å². The maximum absolute atomic E-state index is 6.24. The Bertz CT molecular complexity index is 3610. The molecule has 8 aromatic carbocycles. The van der Waals surface area contributed by atoms with Gasteiger partial charge in [-0.2, -0.15) is 5.10 Å². The van der Waals surface area contributed by atoms with E-state index < -0.39 is 0 Å². The van der Waals surface area contributed by atoms with Crippen molar-refractivity contribution in [1.29, 1.82) is 0 Å². The number of benzene rings is 8. The summed E-state index contributed by atoms with van der Waals surface area (Å²) >= 11 is 0. The molecule has 0 saturated carbocycles. The number of fused-ring (bicyclic) bond motifs is 6. The van der Waals surface area contributed by atoms with Gasteiger partial charge in [0, 0.05) is 49.5 Å². The molecule has 4 aromatic heterocycles. The van der Waals surface area contributed by atoms with E-state index in [1.165, 1.54) is 0 Å². The maximum atomic E-state index is 6.24. The van der Waals surface area contributed by atoms with Gasteiger partial charge in [0.1, 0.15) is 16.9 Å². The third-order valence-electron chi connectivity index (χ3n) is 11.7. The van der Waals surface area contributed by atoms with Gasteiger partial charge >= 0.3 is 0 Å². The number of hydrogen-bond donors (Lipinski definition) is 0. The fraction of sp³-hybridized carbons (Fsp3) is 0. The summed E-state index contributed by atoms with van der Waals surface area (Å²) in [5.41, 5.74) is 13.9. The first-order chi connectivity index (χ1) is 30.7. The molecule has 0 N–H and O–H groups in total. The lowest BCUT2D eigenvalue weighted by Crippen LogP contribution is -2.00. The van der Waals surface area contributed by atoms with Crippen molar-refractivity contribution < 1.29 is 4.42 Å². The molecule has 6 nitrogen and oxygen atoms in total. The minimum atomic E-state index is 0.592. The third-order valence-corrected chi connectivity index (χ3v) is 11.7. The standard InChI is InChI=1S/C56H35N5O/c1-4-16-37(17-5-1)50-52(38-18-6-2-7-19-38)60-61-47(35-42-22-10-11-25-45(42)53(50)61)36-30-32-40(33-31-36)55-57-54(39-20-8-3-9-21-39)58-56(59-55)43-24-14-23-41(34-43)44-27-15-29-49-51(44)46-26-12-13-28-48(46)62-49/h1-35H. The normalized spacial score (nSPS) is 11.5. The Morgan fingerprint density at radius 3 is 1.65 bits per heavy atom. The van der Waals surface area contributed by atoms with E-state index in [4.69, 9.17) is 24.5 Å². The van der Waals surface area contributed by atoms with E-state index in [9.17, 15) is 0 Å². The zero-order valence-corrected chi connectivity index (χ0v) is 33.4. The van der Waals surface area contributed by atoms with Gasteiger partial charge < -0.3 is 4.42 Å². The number of nitrogens with zero attached hydrogens (tertiary/aromatic N) is 5. The number of hydrogen-bond acceptors (Lipinski definition) is 5. The molecule has 0 radical (unpaired) electrons. The Balaban J connectivity index is 0.997.